The van der Waals surface area contributed by atoms with Gasteiger partial charge < -0.3 is 10.1 Å². The average Bonchev–Trinajstić information content (AvgIpc) is 3.14. The van der Waals surface area contributed by atoms with Crippen LogP contribution in [-0.2, 0) is 4.79 Å². The molecule has 1 amide bonds. The number of nitrogens with zero attached hydrogens (tertiary/aromatic N) is 2. The number of aromatic nitrogens is 3. The third kappa shape index (κ3) is 4.83. The molecule has 1 fully saturated rings. The van der Waals surface area contributed by atoms with Gasteiger partial charge in [0.05, 0.1) is 12.4 Å². The van der Waals surface area contributed by atoms with Crippen LogP contribution in [0.15, 0.2) is 29.4 Å². The molecule has 146 valence electrons. The van der Waals surface area contributed by atoms with E-state index in [1.54, 1.807) is 7.11 Å². The first-order chi connectivity index (χ1) is 13.0. The van der Waals surface area contributed by atoms with Crippen LogP contribution in [0.3, 0.4) is 0 Å². The Balaban J connectivity index is 1.58. The van der Waals surface area contributed by atoms with Crippen LogP contribution in [-0.4, -0.2) is 39.5 Å². The van der Waals surface area contributed by atoms with Crippen LogP contribution in [0.25, 0.3) is 11.4 Å². The van der Waals surface area contributed by atoms with Gasteiger partial charge in [-0.25, -0.2) is 4.98 Å². The minimum absolute atomic E-state index is 0.0572. The molecule has 2 N–H and O–H groups in total. The summed E-state index contributed by atoms with van der Waals surface area (Å²) in [7, 11) is 1.64. The quantitative estimate of drug-likeness (QED) is 0.734. The zero-order valence-corrected chi connectivity index (χ0v) is 17.2. The van der Waals surface area contributed by atoms with E-state index in [2.05, 4.69) is 34.3 Å². The van der Waals surface area contributed by atoms with Gasteiger partial charge in [0.25, 0.3) is 0 Å². The minimum Gasteiger partial charge on any atom is -0.497 e. The van der Waals surface area contributed by atoms with Crippen LogP contribution >= 0.6 is 11.8 Å². The van der Waals surface area contributed by atoms with E-state index in [0.717, 1.165) is 17.7 Å². The number of hydrogen-bond acceptors (Lipinski definition) is 5. The van der Waals surface area contributed by atoms with E-state index in [9.17, 15) is 4.79 Å². The van der Waals surface area contributed by atoms with E-state index in [4.69, 9.17) is 4.74 Å². The molecule has 7 heteroatoms. The molecule has 0 unspecified atom stereocenters. The second-order valence-electron chi connectivity index (χ2n) is 7.34. The van der Waals surface area contributed by atoms with Gasteiger partial charge in [-0.15, -0.1) is 5.10 Å². The predicted molar refractivity (Wildman–Crippen MR) is 108 cm³/mol. The van der Waals surface area contributed by atoms with Crippen molar-refractivity contribution in [3.05, 3.63) is 24.3 Å². The average molecular weight is 389 g/mol. The highest BCUT2D eigenvalue weighted by Gasteiger charge is 2.29. The Morgan fingerprint density at radius 2 is 2.04 bits per heavy atom. The Labute approximate surface area is 164 Å². The first-order valence-electron chi connectivity index (χ1n) is 9.51. The van der Waals surface area contributed by atoms with Crippen molar-refractivity contribution in [2.75, 3.05) is 7.11 Å². The van der Waals surface area contributed by atoms with Crippen LogP contribution in [0.5, 0.6) is 5.75 Å². The molecule has 4 atom stereocenters. The molecule has 2 aromatic rings. The van der Waals surface area contributed by atoms with Crippen molar-refractivity contribution < 1.29 is 9.53 Å². The van der Waals surface area contributed by atoms with Crippen LogP contribution < -0.4 is 10.1 Å². The number of carbonyl (C=O) groups excluding carboxylic acids is 1. The van der Waals surface area contributed by atoms with E-state index in [1.807, 2.05) is 31.2 Å². The lowest BCUT2D eigenvalue weighted by Crippen LogP contribution is -2.46. The molecular formula is C20H28N4O2S. The second kappa shape index (κ2) is 8.78. The third-order valence-corrected chi connectivity index (χ3v) is 6.48. The minimum atomic E-state index is -0.242. The molecule has 27 heavy (non-hydrogen) atoms. The summed E-state index contributed by atoms with van der Waals surface area (Å²) in [5.41, 5.74) is 0.928. The van der Waals surface area contributed by atoms with E-state index in [0.29, 0.717) is 22.8 Å². The predicted octanol–water partition coefficient (Wildman–Crippen LogP) is 3.90. The smallest absolute Gasteiger partial charge is 0.233 e. The molecule has 0 radical (unpaired) electrons. The van der Waals surface area contributed by atoms with Gasteiger partial charge >= 0.3 is 0 Å². The fourth-order valence-electron chi connectivity index (χ4n) is 3.47. The molecule has 0 bridgehead atoms. The molecule has 3 rings (SSSR count). The van der Waals surface area contributed by atoms with E-state index in [-0.39, 0.29) is 17.2 Å². The number of ether oxygens (including phenoxy) is 1. The van der Waals surface area contributed by atoms with Crippen molar-refractivity contribution in [2.45, 2.75) is 56.5 Å². The van der Waals surface area contributed by atoms with Crippen LogP contribution in [0.2, 0.25) is 0 Å². The number of benzene rings is 1. The van der Waals surface area contributed by atoms with Crippen molar-refractivity contribution in [3.8, 4) is 17.1 Å². The molecule has 1 heterocycles. The number of carbonyl (C=O) groups is 1. The summed E-state index contributed by atoms with van der Waals surface area (Å²) in [5, 5.41) is 10.8. The van der Waals surface area contributed by atoms with Crippen molar-refractivity contribution in [2.24, 2.45) is 11.8 Å². The lowest BCUT2D eigenvalue weighted by Gasteiger charge is -2.35. The maximum absolute atomic E-state index is 12.6. The largest absolute Gasteiger partial charge is 0.497 e. The molecule has 1 aromatic carbocycles. The monoisotopic (exact) mass is 388 g/mol. The first-order valence-corrected chi connectivity index (χ1v) is 10.4. The Morgan fingerprint density at radius 3 is 2.74 bits per heavy atom. The normalized spacial score (nSPS) is 23.6. The van der Waals surface area contributed by atoms with Gasteiger partial charge in [-0.3, -0.25) is 9.89 Å². The summed E-state index contributed by atoms with van der Waals surface area (Å²) < 4.78 is 5.17. The van der Waals surface area contributed by atoms with Crippen molar-refractivity contribution >= 4 is 17.7 Å². The Morgan fingerprint density at radius 1 is 1.30 bits per heavy atom. The molecule has 6 nitrogen and oxygen atoms in total. The van der Waals surface area contributed by atoms with Crippen molar-refractivity contribution in [1.29, 1.82) is 0 Å². The van der Waals surface area contributed by atoms with Gasteiger partial charge in [0, 0.05) is 11.6 Å². The molecule has 1 saturated carbocycles. The van der Waals surface area contributed by atoms with Gasteiger partial charge in [-0.2, -0.15) is 0 Å². The van der Waals surface area contributed by atoms with E-state index >= 15 is 0 Å². The lowest BCUT2D eigenvalue weighted by atomic mass is 9.78. The van der Waals surface area contributed by atoms with Gasteiger partial charge in [-0.05, 0) is 49.4 Å². The summed E-state index contributed by atoms with van der Waals surface area (Å²) >= 11 is 1.38. The highest BCUT2D eigenvalue weighted by atomic mass is 32.2. The van der Waals surface area contributed by atoms with Crippen LogP contribution in [0.1, 0.15) is 40.0 Å². The summed E-state index contributed by atoms with van der Waals surface area (Å²) in [5.74, 6) is 2.71. The maximum Gasteiger partial charge on any atom is 0.233 e. The fourth-order valence-corrected chi connectivity index (χ4v) is 4.21. The number of nitrogens with one attached hydrogen (secondary N) is 2. The Kier molecular flexibility index (Phi) is 6.42. The summed E-state index contributed by atoms with van der Waals surface area (Å²) in [6.45, 7) is 6.42. The summed E-state index contributed by atoms with van der Waals surface area (Å²) in [6.07, 6.45) is 3.50. The van der Waals surface area contributed by atoms with Crippen LogP contribution in [0.4, 0.5) is 0 Å². The Hall–Kier alpha value is -2.02. The highest BCUT2D eigenvalue weighted by Crippen LogP contribution is 2.30. The molecule has 0 spiro atoms. The van der Waals surface area contributed by atoms with Gasteiger partial charge in [0.15, 0.2) is 5.82 Å². The fraction of sp³-hybridized carbons (Fsp3) is 0.550. The second-order valence-corrected chi connectivity index (χ2v) is 8.65. The standard InChI is InChI=1S/C20H28N4O2S/c1-12-6-5-7-17(13(12)2)21-19(25)14(3)27-20-22-18(23-24-20)15-8-10-16(26-4)11-9-15/h8-14,17H,5-7H2,1-4H3,(H,21,25)(H,22,23,24)/t12-,13+,14+,17-/m0/s1. The zero-order chi connectivity index (χ0) is 19.4. The van der Waals surface area contributed by atoms with Gasteiger partial charge in [0.2, 0.25) is 11.1 Å². The summed E-state index contributed by atoms with van der Waals surface area (Å²) in [6, 6.07) is 7.89. The molecule has 1 aliphatic carbocycles. The molecule has 0 aliphatic heterocycles. The number of H-pyrrole nitrogens is 1. The number of amides is 1. The molecule has 0 saturated heterocycles. The van der Waals surface area contributed by atoms with Gasteiger partial charge in [0.1, 0.15) is 5.75 Å². The Bertz CT molecular complexity index is 762. The van der Waals surface area contributed by atoms with Gasteiger partial charge in [-0.1, -0.05) is 38.5 Å². The number of thioether (sulfide) groups is 1. The topological polar surface area (TPSA) is 79.9 Å². The third-order valence-electron chi connectivity index (χ3n) is 5.51. The van der Waals surface area contributed by atoms with Crippen molar-refractivity contribution in [3.63, 3.8) is 0 Å². The maximum atomic E-state index is 12.6. The zero-order valence-electron chi connectivity index (χ0n) is 16.4. The number of aromatic amines is 1. The first kappa shape index (κ1) is 19.7. The summed E-state index contributed by atoms with van der Waals surface area (Å²) in [4.78, 5) is 17.1. The molecular weight excluding hydrogens is 360 g/mol. The SMILES string of the molecule is COc1ccc(-c2nc(S[C@H](C)C(=O)N[C@H]3CCC[C@H](C)[C@H]3C)n[nH]2)cc1. The number of rotatable bonds is 6. The van der Waals surface area contributed by atoms with E-state index in [1.165, 1.54) is 24.6 Å². The molecule has 1 aliphatic rings. The van der Waals surface area contributed by atoms with Crippen molar-refractivity contribution in [1.82, 2.24) is 20.5 Å². The number of hydrogen-bond donors (Lipinski definition) is 2. The van der Waals surface area contributed by atoms with E-state index < -0.39 is 0 Å². The highest BCUT2D eigenvalue weighted by molar-refractivity contribution is 8.00. The lowest BCUT2D eigenvalue weighted by molar-refractivity contribution is -0.121. The molecule has 1 aromatic heterocycles. The number of methoxy groups -OCH3 is 1. The van der Waals surface area contributed by atoms with Crippen LogP contribution in [0, 0.1) is 11.8 Å².